The largest absolute Gasteiger partial charge is 0.396 e. The Kier molecular flexibility index (Phi) is 3.52. The van der Waals surface area contributed by atoms with Crippen molar-refractivity contribution >= 4 is 0 Å². The van der Waals surface area contributed by atoms with E-state index < -0.39 is 0 Å². The molecule has 0 fully saturated rings. The summed E-state index contributed by atoms with van der Waals surface area (Å²) in [5.74, 6) is 0. The molecule has 0 bridgehead atoms. The van der Waals surface area contributed by atoms with Crippen LogP contribution in [-0.2, 0) is 0 Å². The highest BCUT2D eigenvalue weighted by Crippen LogP contribution is 2.31. The molecule has 0 heterocycles. The van der Waals surface area contributed by atoms with Crippen molar-refractivity contribution in [2.75, 3.05) is 13.2 Å². The van der Waals surface area contributed by atoms with E-state index in [1.165, 1.54) is 0 Å². The molecule has 0 aliphatic heterocycles. The van der Waals surface area contributed by atoms with Gasteiger partial charge in [0.2, 0.25) is 0 Å². The summed E-state index contributed by atoms with van der Waals surface area (Å²) in [5.41, 5.74) is 5.71. The molecule has 0 amide bonds. The van der Waals surface area contributed by atoms with E-state index in [0.717, 1.165) is 6.42 Å². The van der Waals surface area contributed by atoms with Crippen molar-refractivity contribution in [1.82, 2.24) is 0 Å². The molecule has 0 saturated carbocycles. The zero-order valence-electron chi connectivity index (χ0n) is 8.15. The minimum Gasteiger partial charge on any atom is -0.396 e. The minimum absolute atomic E-state index is 0.0990. The molecule has 0 aliphatic rings. The Morgan fingerprint density at radius 1 is 1.18 bits per heavy atom. The van der Waals surface area contributed by atoms with Gasteiger partial charge in [-0.3, -0.25) is 0 Å². The van der Waals surface area contributed by atoms with Crippen LogP contribution in [0.1, 0.15) is 34.1 Å². The first-order chi connectivity index (χ1) is 4.83. The molecule has 0 spiro atoms. The second-order valence-corrected chi connectivity index (χ2v) is 4.91. The van der Waals surface area contributed by atoms with Crippen molar-refractivity contribution in [1.29, 1.82) is 0 Å². The van der Waals surface area contributed by atoms with Crippen LogP contribution in [0.2, 0.25) is 0 Å². The van der Waals surface area contributed by atoms with Crippen molar-refractivity contribution in [3.05, 3.63) is 0 Å². The molecule has 0 aliphatic carbocycles. The van der Waals surface area contributed by atoms with E-state index in [-0.39, 0.29) is 17.4 Å². The molecule has 0 rings (SSSR count). The molecule has 0 aromatic heterocycles. The number of aliphatic hydroxyl groups is 1. The lowest BCUT2D eigenvalue weighted by atomic mass is 9.75. The van der Waals surface area contributed by atoms with Crippen LogP contribution in [0, 0.1) is 10.8 Å². The lowest BCUT2D eigenvalue weighted by molar-refractivity contribution is 0.101. The van der Waals surface area contributed by atoms with Gasteiger partial charge < -0.3 is 10.8 Å². The molecule has 0 aromatic carbocycles. The van der Waals surface area contributed by atoms with Crippen molar-refractivity contribution in [3.8, 4) is 0 Å². The Morgan fingerprint density at radius 3 is 1.73 bits per heavy atom. The predicted octanol–water partition coefficient (Wildman–Crippen LogP) is 1.38. The van der Waals surface area contributed by atoms with Gasteiger partial charge in [-0.25, -0.2) is 0 Å². The third kappa shape index (κ3) is 4.38. The van der Waals surface area contributed by atoms with Gasteiger partial charge in [0.1, 0.15) is 0 Å². The van der Waals surface area contributed by atoms with Crippen LogP contribution in [0.5, 0.6) is 0 Å². The lowest BCUT2D eigenvalue weighted by Gasteiger charge is -2.32. The molecule has 0 radical (unpaired) electrons. The van der Waals surface area contributed by atoms with E-state index in [1.807, 2.05) is 6.92 Å². The SMILES string of the molecule is CC(C)(C)CC(C)(CN)CO. The van der Waals surface area contributed by atoms with Gasteiger partial charge in [-0.2, -0.15) is 0 Å². The van der Waals surface area contributed by atoms with Crippen LogP contribution >= 0.6 is 0 Å². The molecule has 3 N–H and O–H groups in total. The number of rotatable bonds is 3. The van der Waals surface area contributed by atoms with E-state index >= 15 is 0 Å². The molecular weight excluding hydrogens is 138 g/mol. The topological polar surface area (TPSA) is 46.2 Å². The first kappa shape index (κ1) is 10.9. The van der Waals surface area contributed by atoms with Crippen molar-refractivity contribution in [2.45, 2.75) is 34.1 Å². The van der Waals surface area contributed by atoms with Crippen molar-refractivity contribution in [3.63, 3.8) is 0 Å². The second-order valence-electron chi connectivity index (χ2n) is 4.91. The van der Waals surface area contributed by atoms with E-state index in [1.54, 1.807) is 0 Å². The summed E-state index contributed by atoms with van der Waals surface area (Å²) >= 11 is 0. The van der Waals surface area contributed by atoms with Gasteiger partial charge in [0.25, 0.3) is 0 Å². The zero-order chi connectivity index (χ0) is 9.12. The molecule has 1 unspecified atom stereocenters. The van der Waals surface area contributed by atoms with Crippen LogP contribution in [0.3, 0.4) is 0 Å². The van der Waals surface area contributed by atoms with E-state index in [2.05, 4.69) is 20.8 Å². The fourth-order valence-electron chi connectivity index (χ4n) is 1.47. The summed E-state index contributed by atoms with van der Waals surface area (Å²) in [6, 6.07) is 0. The van der Waals surface area contributed by atoms with E-state index in [4.69, 9.17) is 10.8 Å². The van der Waals surface area contributed by atoms with E-state index in [9.17, 15) is 0 Å². The number of hydrogen-bond acceptors (Lipinski definition) is 2. The Bertz CT molecular complexity index is 111. The van der Waals surface area contributed by atoms with Gasteiger partial charge in [0.15, 0.2) is 0 Å². The van der Waals surface area contributed by atoms with Crippen molar-refractivity contribution < 1.29 is 5.11 Å². The van der Waals surface area contributed by atoms with Crippen LogP contribution in [-0.4, -0.2) is 18.3 Å². The van der Waals surface area contributed by atoms with Gasteiger partial charge >= 0.3 is 0 Å². The number of hydrogen-bond donors (Lipinski definition) is 2. The summed E-state index contributed by atoms with van der Waals surface area (Å²) in [6.07, 6.45) is 0.965. The summed E-state index contributed by atoms with van der Waals surface area (Å²) < 4.78 is 0. The first-order valence-corrected chi connectivity index (χ1v) is 4.14. The van der Waals surface area contributed by atoms with Crippen LogP contribution in [0.4, 0.5) is 0 Å². The Labute approximate surface area is 69.8 Å². The predicted molar refractivity (Wildman–Crippen MR) is 48.3 cm³/mol. The maximum atomic E-state index is 9.07. The van der Waals surface area contributed by atoms with Crippen LogP contribution < -0.4 is 5.73 Å². The van der Waals surface area contributed by atoms with Gasteiger partial charge in [-0.15, -0.1) is 0 Å². The van der Waals surface area contributed by atoms with Gasteiger partial charge in [-0.1, -0.05) is 27.7 Å². The summed E-state index contributed by atoms with van der Waals surface area (Å²) in [7, 11) is 0. The lowest BCUT2D eigenvalue weighted by Crippen LogP contribution is -2.34. The minimum atomic E-state index is -0.0990. The second kappa shape index (κ2) is 3.55. The Hall–Kier alpha value is -0.0800. The molecular formula is C9H21NO. The molecule has 0 saturated heterocycles. The molecule has 2 heteroatoms. The average Bonchev–Trinajstić information content (AvgIpc) is 1.84. The van der Waals surface area contributed by atoms with Crippen LogP contribution in [0.25, 0.3) is 0 Å². The molecule has 68 valence electrons. The molecule has 2 nitrogen and oxygen atoms in total. The smallest absolute Gasteiger partial charge is 0.0497 e. The monoisotopic (exact) mass is 159 g/mol. The maximum absolute atomic E-state index is 9.07. The van der Waals surface area contributed by atoms with E-state index in [0.29, 0.717) is 6.54 Å². The zero-order valence-corrected chi connectivity index (χ0v) is 8.15. The average molecular weight is 159 g/mol. The first-order valence-electron chi connectivity index (χ1n) is 4.14. The fraction of sp³-hybridized carbons (Fsp3) is 1.00. The summed E-state index contributed by atoms with van der Waals surface area (Å²) in [5, 5.41) is 9.07. The highest BCUT2D eigenvalue weighted by molar-refractivity contribution is 4.80. The quantitative estimate of drug-likeness (QED) is 0.653. The highest BCUT2D eigenvalue weighted by Gasteiger charge is 2.27. The standard InChI is InChI=1S/C9H21NO/c1-8(2,3)5-9(4,6-10)7-11/h11H,5-7,10H2,1-4H3. The van der Waals surface area contributed by atoms with Gasteiger partial charge in [-0.05, 0) is 18.4 Å². The third-order valence-corrected chi connectivity index (χ3v) is 1.83. The van der Waals surface area contributed by atoms with Gasteiger partial charge in [0, 0.05) is 12.0 Å². The number of aliphatic hydroxyl groups excluding tert-OH is 1. The molecule has 0 aromatic rings. The fourth-order valence-corrected chi connectivity index (χ4v) is 1.47. The third-order valence-electron chi connectivity index (χ3n) is 1.83. The maximum Gasteiger partial charge on any atom is 0.0497 e. The Morgan fingerprint density at radius 2 is 1.64 bits per heavy atom. The van der Waals surface area contributed by atoms with Gasteiger partial charge in [0.05, 0.1) is 0 Å². The normalized spacial score (nSPS) is 18.0. The Balaban J connectivity index is 4.08. The number of nitrogens with two attached hydrogens (primary N) is 1. The van der Waals surface area contributed by atoms with Crippen molar-refractivity contribution in [2.24, 2.45) is 16.6 Å². The summed E-state index contributed by atoms with van der Waals surface area (Å²) in [6.45, 7) is 9.25. The summed E-state index contributed by atoms with van der Waals surface area (Å²) in [4.78, 5) is 0. The highest BCUT2D eigenvalue weighted by atomic mass is 16.3. The molecule has 1 atom stereocenters. The van der Waals surface area contributed by atoms with Crippen LogP contribution in [0.15, 0.2) is 0 Å². The molecule has 11 heavy (non-hydrogen) atoms.